The van der Waals surface area contributed by atoms with E-state index >= 15 is 0 Å². The molecule has 0 aromatic carbocycles. The topological polar surface area (TPSA) is 77.4 Å². The van der Waals surface area contributed by atoms with Crippen molar-refractivity contribution in [1.29, 1.82) is 0 Å². The summed E-state index contributed by atoms with van der Waals surface area (Å²) < 4.78 is 25.7. The maximum atomic E-state index is 12.0. The second kappa shape index (κ2) is 91.1. The van der Waals surface area contributed by atoms with E-state index in [4.69, 9.17) is 18.9 Å². The van der Waals surface area contributed by atoms with Crippen LogP contribution in [0.25, 0.3) is 0 Å². The molecule has 0 aliphatic heterocycles. The number of rotatable bonds is 93. The summed E-state index contributed by atoms with van der Waals surface area (Å²) in [6, 6.07) is 0. The monoisotopic (exact) mass is 1420 g/mol. The number of aliphatic hydroxyl groups excluding tert-OH is 2. The van der Waals surface area contributed by atoms with E-state index < -0.39 is 24.4 Å². The van der Waals surface area contributed by atoms with Crippen LogP contribution in [0.5, 0.6) is 0 Å². The Balaban J connectivity index is 5.09. The minimum Gasteiger partial charge on any atom is -0.388 e. The SMILES string of the molecule is CCCCCCCCCCCCCCCCCCCCCCOC[C@@H](OCCCCCCCCCCCCCCCCCCCCCC)[C@@H](O)[C@H](O)[C@@H](COCCCCCCCCCCCCCCCCCCCCCC)OCCCCCCCCCCCCCCCCCCCCCC. The molecule has 0 bridgehead atoms. The lowest BCUT2D eigenvalue weighted by molar-refractivity contribution is -0.163. The van der Waals surface area contributed by atoms with E-state index in [0.29, 0.717) is 39.6 Å². The maximum absolute atomic E-state index is 12.0. The number of aliphatic hydroxyl groups is 2. The summed E-state index contributed by atoms with van der Waals surface area (Å²) in [5.41, 5.74) is 0. The Morgan fingerprint density at radius 2 is 0.260 bits per heavy atom. The lowest BCUT2D eigenvalue weighted by Gasteiger charge is -2.32. The van der Waals surface area contributed by atoms with Gasteiger partial charge in [0.1, 0.15) is 24.4 Å². The van der Waals surface area contributed by atoms with Crippen LogP contribution in [0.3, 0.4) is 0 Å². The number of unbranched alkanes of at least 4 members (excludes halogenated alkanes) is 76. The molecule has 6 nitrogen and oxygen atoms in total. The van der Waals surface area contributed by atoms with Crippen molar-refractivity contribution < 1.29 is 29.2 Å². The normalized spacial score (nSPS) is 13.1. The molecule has 0 spiro atoms. The summed E-state index contributed by atoms with van der Waals surface area (Å²) >= 11 is 0. The van der Waals surface area contributed by atoms with Gasteiger partial charge in [-0.15, -0.1) is 0 Å². The van der Waals surface area contributed by atoms with E-state index in [1.165, 1.54) is 475 Å². The molecule has 100 heavy (non-hydrogen) atoms. The van der Waals surface area contributed by atoms with Crippen molar-refractivity contribution >= 4 is 0 Å². The van der Waals surface area contributed by atoms with Crippen molar-refractivity contribution in [3.63, 3.8) is 0 Å². The highest BCUT2D eigenvalue weighted by molar-refractivity contribution is 4.83. The van der Waals surface area contributed by atoms with Crippen LogP contribution < -0.4 is 0 Å². The van der Waals surface area contributed by atoms with E-state index in [2.05, 4.69) is 27.7 Å². The number of hydrogen-bond donors (Lipinski definition) is 2. The molecular formula is C94H190O6. The first kappa shape index (κ1) is 99.8. The largest absolute Gasteiger partial charge is 0.388 e. The Kier molecular flexibility index (Phi) is 90.9. The van der Waals surface area contributed by atoms with Crippen LogP contribution in [0, 0.1) is 0 Å². The molecule has 0 aliphatic carbocycles. The van der Waals surface area contributed by atoms with Crippen LogP contribution in [0.15, 0.2) is 0 Å². The van der Waals surface area contributed by atoms with Gasteiger partial charge in [-0.05, 0) is 25.7 Å². The fourth-order valence-electron chi connectivity index (χ4n) is 15.4. The number of hydrogen-bond acceptors (Lipinski definition) is 6. The average molecular weight is 1420 g/mol. The second-order valence-electron chi connectivity index (χ2n) is 32.8. The minimum absolute atomic E-state index is 0.295. The van der Waals surface area contributed by atoms with Crippen molar-refractivity contribution in [2.75, 3.05) is 39.6 Å². The molecule has 0 aromatic rings. The Morgan fingerprint density at radius 1 is 0.150 bits per heavy atom. The van der Waals surface area contributed by atoms with Gasteiger partial charge < -0.3 is 29.2 Å². The van der Waals surface area contributed by atoms with Gasteiger partial charge >= 0.3 is 0 Å². The van der Waals surface area contributed by atoms with Crippen molar-refractivity contribution in [2.45, 2.75) is 566 Å². The molecule has 6 heteroatoms. The highest BCUT2D eigenvalue weighted by atomic mass is 16.6. The molecule has 0 saturated heterocycles. The maximum Gasteiger partial charge on any atom is 0.111 e. The highest BCUT2D eigenvalue weighted by Gasteiger charge is 2.34. The Hall–Kier alpha value is -0.240. The number of ether oxygens (including phenoxy) is 4. The Bertz CT molecular complexity index is 1290. The Labute approximate surface area is 631 Å². The highest BCUT2D eigenvalue weighted by Crippen LogP contribution is 2.23. The zero-order chi connectivity index (χ0) is 71.9. The summed E-state index contributed by atoms with van der Waals surface area (Å²) in [7, 11) is 0. The summed E-state index contributed by atoms with van der Waals surface area (Å²) in [5, 5.41) is 24.1. The average Bonchev–Trinajstić information content (AvgIpc) is 0.962. The molecule has 0 fully saturated rings. The fraction of sp³-hybridized carbons (Fsp3) is 1.00. The lowest BCUT2D eigenvalue weighted by Crippen LogP contribution is -2.50. The van der Waals surface area contributed by atoms with Gasteiger partial charge in [-0.1, -0.05) is 516 Å². The zero-order valence-corrected chi connectivity index (χ0v) is 69.6. The quantitative estimate of drug-likeness (QED) is 0.0591. The van der Waals surface area contributed by atoms with Gasteiger partial charge in [0.25, 0.3) is 0 Å². The van der Waals surface area contributed by atoms with Crippen LogP contribution in [-0.4, -0.2) is 74.3 Å². The van der Waals surface area contributed by atoms with Gasteiger partial charge in [-0.2, -0.15) is 0 Å². The summed E-state index contributed by atoms with van der Waals surface area (Å²) in [6.07, 6.45) is 106. The van der Waals surface area contributed by atoms with Gasteiger partial charge in [0.15, 0.2) is 0 Å². The zero-order valence-electron chi connectivity index (χ0n) is 69.6. The van der Waals surface area contributed by atoms with Gasteiger partial charge in [0, 0.05) is 26.4 Å². The minimum atomic E-state index is -1.11. The molecule has 0 aromatic heterocycles. The van der Waals surface area contributed by atoms with Crippen LogP contribution >= 0.6 is 0 Å². The van der Waals surface area contributed by atoms with E-state index in [0.717, 1.165) is 38.5 Å². The first-order chi connectivity index (χ1) is 49.6. The summed E-state index contributed by atoms with van der Waals surface area (Å²) in [6.45, 7) is 12.3. The fourth-order valence-corrected chi connectivity index (χ4v) is 15.4. The molecular weight excluding hydrogens is 1230 g/mol. The van der Waals surface area contributed by atoms with Crippen LogP contribution in [0.4, 0.5) is 0 Å². The summed E-state index contributed by atoms with van der Waals surface area (Å²) in [4.78, 5) is 0. The van der Waals surface area contributed by atoms with E-state index in [1.54, 1.807) is 0 Å². The van der Waals surface area contributed by atoms with E-state index in [1.807, 2.05) is 0 Å². The molecule has 4 atom stereocenters. The predicted molar refractivity (Wildman–Crippen MR) is 445 cm³/mol. The van der Waals surface area contributed by atoms with Gasteiger partial charge in [0.2, 0.25) is 0 Å². The van der Waals surface area contributed by atoms with Crippen LogP contribution in [-0.2, 0) is 18.9 Å². The van der Waals surface area contributed by atoms with Gasteiger partial charge in [0.05, 0.1) is 13.2 Å². The molecule has 2 N–H and O–H groups in total. The molecule has 602 valence electrons. The predicted octanol–water partition coefficient (Wildman–Crippen LogP) is 31.8. The first-order valence-corrected chi connectivity index (χ1v) is 47.4. The van der Waals surface area contributed by atoms with Gasteiger partial charge in [-0.25, -0.2) is 0 Å². The van der Waals surface area contributed by atoms with E-state index in [9.17, 15) is 10.2 Å². The lowest BCUT2D eigenvalue weighted by atomic mass is 10.0. The third-order valence-corrected chi connectivity index (χ3v) is 22.6. The van der Waals surface area contributed by atoms with Crippen LogP contribution in [0.2, 0.25) is 0 Å². The molecule has 0 unspecified atom stereocenters. The molecule has 0 heterocycles. The van der Waals surface area contributed by atoms with Crippen molar-refractivity contribution in [3.8, 4) is 0 Å². The van der Waals surface area contributed by atoms with Gasteiger partial charge in [-0.3, -0.25) is 0 Å². The molecule has 0 radical (unpaired) electrons. The standard InChI is InChI=1S/C94H190O6/c1-5-9-13-17-21-25-29-33-37-41-45-49-53-57-61-65-69-73-77-81-85-97-89-91(99-87-83-79-75-71-67-63-59-55-51-47-43-39-35-31-27-23-19-15-11-7-3)93(95)94(96)92(100-88-84-80-76-72-68-64-60-56-52-48-44-40-36-32-28-24-20-16-12-8-4)90-98-86-82-78-74-70-66-62-58-54-50-46-42-38-34-30-26-22-18-14-10-6-2/h91-96H,5-90H2,1-4H3/t91-,92-,93-,94-/m1/s1. The van der Waals surface area contributed by atoms with Crippen molar-refractivity contribution in [3.05, 3.63) is 0 Å². The van der Waals surface area contributed by atoms with Crippen LogP contribution in [0.1, 0.15) is 541 Å². The van der Waals surface area contributed by atoms with Crippen molar-refractivity contribution in [1.82, 2.24) is 0 Å². The smallest absolute Gasteiger partial charge is 0.111 e. The molecule has 0 amide bonds. The van der Waals surface area contributed by atoms with E-state index in [-0.39, 0.29) is 0 Å². The summed E-state index contributed by atoms with van der Waals surface area (Å²) in [5.74, 6) is 0. The molecule has 0 saturated carbocycles. The van der Waals surface area contributed by atoms with Crippen molar-refractivity contribution in [2.24, 2.45) is 0 Å². The Morgan fingerprint density at radius 3 is 0.390 bits per heavy atom. The molecule has 0 rings (SSSR count). The first-order valence-electron chi connectivity index (χ1n) is 47.4. The molecule has 0 aliphatic rings. The second-order valence-corrected chi connectivity index (χ2v) is 32.8. The third-order valence-electron chi connectivity index (χ3n) is 22.6. The third kappa shape index (κ3) is 81.8.